The number of fused-ring (bicyclic) bond motifs is 3. The predicted molar refractivity (Wildman–Crippen MR) is 177 cm³/mol. The predicted octanol–water partition coefficient (Wildman–Crippen LogP) is 9.44. The van der Waals surface area contributed by atoms with Gasteiger partial charge in [-0.2, -0.15) is 0 Å². The van der Waals surface area contributed by atoms with Gasteiger partial charge in [-0.3, -0.25) is 0 Å². The van der Waals surface area contributed by atoms with E-state index < -0.39 is 17.4 Å². The molecule has 7 rings (SSSR count). The Kier molecular flexibility index (Phi) is 7.74. The summed E-state index contributed by atoms with van der Waals surface area (Å²) in [5.74, 6) is 0. The number of allylic oxidation sites excluding steroid dienone is 2. The van der Waals surface area contributed by atoms with Gasteiger partial charge < -0.3 is 0 Å². The van der Waals surface area contributed by atoms with Crippen LogP contribution in [0.2, 0.25) is 9.26 Å². The van der Waals surface area contributed by atoms with Gasteiger partial charge in [-0.1, -0.05) is 0 Å². The van der Waals surface area contributed by atoms with Crippen LogP contribution >= 0.6 is 24.8 Å². The Labute approximate surface area is 251 Å². The first-order chi connectivity index (χ1) is 18.4. The van der Waals surface area contributed by atoms with E-state index in [4.69, 9.17) is 4.98 Å². The second-order valence-electron chi connectivity index (χ2n) is 12.0. The summed E-state index contributed by atoms with van der Waals surface area (Å²) in [6.45, 7) is 2.39. The minimum atomic E-state index is -3.56. The van der Waals surface area contributed by atoms with Crippen molar-refractivity contribution in [2.75, 3.05) is 0 Å². The molecule has 0 spiro atoms. The second kappa shape index (κ2) is 10.7. The Hall–Kier alpha value is -2.55. The van der Waals surface area contributed by atoms with E-state index in [0.29, 0.717) is 7.25 Å². The second-order valence-corrected chi connectivity index (χ2v) is 42.6. The third-order valence-electron chi connectivity index (χ3n) is 8.84. The van der Waals surface area contributed by atoms with Crippen LogP contribution in [0.25, 0.3) is 39.8 Å². The van der Waals surface area contributed by atoms with Crippen LogP contribution in [-0.4, -0.2) is 11.9 Å². The zero-order valence-corrected chi connectivity index (χ0v) is 28.3. The number of benzene rings is 4. The number of hydrogen-bond donors (Lipinski definition) is 0. The van der Waals surface area contributed by atoms with Crippen molar-refractivity contribution in [3.05, 3.63) is 143 Å². The van der Waals surface area contributed by atoms with Crippen molar-refractivity contribution in [1.82, 2.24) is 4.98 Å². The van der Waals surface area contributed by atoms with E-state index in [0.717, 1.165) is 5.52 Å². The number of pyridine rings is 1. The van der Waals surface area contributed by atoms with Crippen molar-refractivity contribution in [3.63, 3.8) is 0 Å². The number of para-hydroxylation sites is 1. The van der Waals surface area contributed by atoms with Gasteiger partial charge in [-0.05, 0) is 0 Å². The summed E-state index contributed by atoms with van der Waals surface area (Å²) in [5.41, 5.74) is 12.1. The summed E-state index contributed by atoms with van der Waals surface area (Å²) < 4.78 is 6.33. The first-order valence-corrected chi connectivity index (χ1v) is 27.2. The standard InChI is InChI=1S/C24H16N.C9H7.2CH3.2ClH.H2Si.Zr/c1-2-7-17(8-3-1)20-13-18-10-6-11-22(23(18)15-20)21-14-19-9-4-5-12-24(19)25-16-21;1-2-5-9-7-3-6-8(9)4-1;;;;;;/h1-16H;1-7H;2*1H3;2*1H;1H2;. The van der Waals surface area contributed by atoms with Crippen molar-refractivity contribution in [3.8, 4) is 11.1 Å². The van der Waals surface area contributed by atoms with Gasteiger partial charge in [0.05, 0.1) is 0 Å². The van der Waals surface area contributed by atoms with Gasteiger partial charge in [-0.15, -0.1) is 24.8 Å². The molecule has 0 amide bonds. The number of hydrogen-bond acceptors (Lipinski definition) is 1. The third kappa shape index (κ3) is 4.62. The van der Waals surface area contributed by atoms with Crippen molar-refractivity contribution < 1.29 is 17.4 Å². The molecule has 0 saturated carbocycles. The first-order valence-electron chi connectivity index (χ1n) is 13.5. The molecule has 2 aliphatic carbocycles. The summed E-state index contributed by atoms with van der Waals surface area (Å²) in [4.78, 5) is 4.81. The summed E-state index contributed by atoms with van der Waals surface area (Å²) in [5, 5.41) is 1.19. The fourth-order valence-electron chi connectivity index (χ4n) is 7.03. The molecule has 1 nitrogen and oxygen atoms in total. The molecule has 0 N–H and O–H groups in total. The molecule has 2 atom stereocenters. The SMILES string of the molecule is Cl.Cl.[CH3][Zr]([CH3])(=[SiH2])([CH]1C=Cc2ccccc21)[CH]1C(c2ccccc2)=Cc2c(-c3cnc4ccccc4c3)cccc21. The molecule has 5 heteroatoms. The molecule has 0 radical (unpaired) electrons. The zero-order chi connectivity index (χ0) is 25.9. The molecule has 1 aromatic heterocycles. The van der Waals surface area contributed by atoms with Crippen LogP contribution in [0, 0.1) is 0 Å². The topological polar surface area (TPSA) is 12.9 Å². The van der Waals surface area contributed by atoms with E-state index in [1.165, 1.54) is 49.9 Å². The zero-order valence-electron chi connectivity index (χ0n) is 22.7. The molecular formula is C35H33Cl2NSiZr. The fraction of sp³-hybridized carbons (Fsp3) is 0.114. The van der Waals surface area contributed by atoms with E-state index in [2.05, 4.69) is 144 Å². The van der Waals surface area contributed by atoms with E-state index in [9.17, 15) is 0 Å². The Morgan fingerprint density at radius 1 is 0.725 bits per heavy atom. The molecule has 0 saturated heterocycles. The molecule has 40 heavy (non-hydrogen) atoms. The normalized spacial score (nSPS) is 17.4. The van der Waals surface area contributed by atoms with Gasteiger partial charge in [-0.25, -0.2) is 0 Å². The van der Waals surface area contributed by atoms with Gasteiger partial charge in [0.25, 0.3) is 0 Å². The van der Waals surface area contributed by atoms with Crippen LogP contribution in [0.5, 0.6) is 0 Å². The third-order valence-corrected chi connectivity index (χ3v) is 26.3. The molecule has 1 heterocycles. The quantitative estimate of drug-likeness (QED) is 0.176. The number of rotatable bonds is 4. The number of halogens is 2. The van der Waals surface area contributed by atoms with Crippen LogP contribution in [0.15, 0.2) is 115 Å². The van der Waals surface area contributed by atoms with Gasteiger partial charge in [0.1, 0.15) is 0 Å². The monoisotopic (exact) mass is 655 g/mol. The summed E-state index contributed by atoms with van der Waals surface area (Å²) in [6.07, 6.45) is 9.46. The van der Waals surface area contributed by atoms with E-state index in [1.54, 1.807) is 0 Å². The van der Waals surface area contributed by atoms with E-state index >= 15 is 0 Å². The molecule has 0 fully saturated rings. The van der Waals surface area contributed by atoms with Crippen LogP contribution in [-0.2, 0) is 17.4 Å². The van der Waals surface area contributed by atoms with Crippen molar-refractivity contribution in [2.45, 2.75) is 16.5 Å². The van der Waals surface area contributed by atoms with Gasteiger partial charge in [0, 0.05) is 0 Å². The number of aromatic nitrogens is 1. The molecule has 5 aromatic rings. The maximum atomic E-state index is 4.81. The Morgan fingerprint density at radius 3 is 2.25 bits per heavy atom. The molecular weight excluding hydrogens is 625 g/mol. The van der Waals surface area contributed by atoms with Crippen molar-refractivity contribution in [2.24, 2.45) is 0 Å². The fourth-order valence-corrected chi connectivity index (χ4v) is 23.8. The Balaban J connectivity index is 0.00000161. The molecule has 0 aliphatic heterocycles. The average Bonchev–Trinajstić information content (AvgIpc) is 3.57. The van der Waals surface area contributed by atoms with Gasteiger partial charge in [0.15, 0.2) is 0 Å². The van der Waals surface area contributed by atoms with Crippen molar-refractivity contribution >= 4 is 60.3 Å². The van der Waals surface area contributed by atoms with Crippen molar-refractivity contribution in [1.29, 1.82) is 0 Å². The van der Waals surface area contributed by atoms with E-state index in [-0.39, 0.29) is 24.8 Å². The molecule has 2 aliphatic rings. The van der Waals surface area contributed by atoms with Gasteiger partial charge in [0.2, 0.25) is 0 Å². The molecule has 2 unspecified atom stereocenters. The Morgan fingerprint density at radius 2 is 1.43 bits per heavy atom. The summed E-state index contributed by atoms with van der Waals surface area (Å²) >= 11 is -3.56. The summed E-state index contributed by atoms with van der Waals surface area (Å²) in [7, 11) is 0. The first kappa shape index (κ1) is 29.0. The van der Waals surface area contributed by atoms with Crippen LogP contribution < -0.4 is 0 Å². The maximum absolute atomic E-state index is 4.81. The van der Waals surface area contributed by atoms with Crippen LogP contribution in [0.1, 0.15) is 35.1 Å². The number of nitrogens with zero attached hydrogens (tertiary/aromatic N) is 1. The summed E-state index contributed by atoms with van der Waals surface area (Å²) in [6, 6.07) is 37.8. The molecule has 0 bridgehead atoms. The Bertz CT molecular complexity index is 1870. The van der Waals surface area contributed by atoms with Crippen LogP contribution in [0.3, 0.4) is 0 Å². The minimum absolute atomic E-state index is 0. The average molecular weight is 658 g/mol. The van der Waals surface area contributed by atoms with Gasteiger partial charge >= 0.3 is 229 Å². The molecule has 200 valence electrons. The van der Waals surface area contributed by atoms with E-state index in [1.807, 2.05) is 0 Å². The molecule has 4 aromatic carbocycles. The van der Waals surface area contributed by atoms with Crippen LogP contribution in [0.4, 0.5) is 0 Å².